The molecule has 1 saturated heterocycles. The molecule has 1 aliphatic rings. The molecule has 1 heterocycles. The standard InChI is InChI=1S/C15H18FNO3/c1-20-14-6-4-11(9-13(14)16)5-7-15(19)17-8-2-3-12(17)10-18/h4-7,9,12,18H,2-3,8,10H2,1H3/t12-/m1/s1. The molecule has 0 bridgehead atoms. The second-order valence-corrected chi connectivity index (χ2v) is 4.74. The highest BCUT2D eigenvalue weighted by molar-refractivity contribution is 5.92. The highest BCUT2D eigenvalue weighted by Crippen LogP contribution is 2.20. The van der Waals surface area contributed by atoms with Crippen molar-refractivity contribution in [3.63, 3.8) is 0 Å². The Kier molecular flexibility index (Phi) is 4.74. The molecule has 1 aromatic carbocycles. The van der Waals surface area contributed by atoms with Gasteiger partial charge in [-0.05, 0) is 36.6 Å². The maximum absolute atomic E-state index is 13.5. The van der Waals surface area contributed by atoms with E-state index in [-0.39, 0.29) is 24.3 Å². The summed E-state index contributed by atoms with van der Waals surface area (Å²) in [6.07, 6.45) is 4.71. The van der Waals surface area contributed by atoms with E-state index in [1.165, 1.54) is 25.3 Å². The lowest BCUT2D eigenvalue weighted by Gasteiger charge is -2.21. The van der Waals surface area contributed by atoms with Gasteiger partial charge in [-0.2, -0.15) is 0 Å². The predicted molar refractivity (Wildman–Crippen MR) is 73.8 cm³/mol. The number of amides is 1. The van der Waals surface area contributed by atoms with Crippen LogP contribution in [0.3, 0.4) is 0 Å². The van der Waals surface area contributed by atoms with Gasteiger partial charge >= 0.3 is 0 Å². The first kappa shape index (κ1) is 14.5. The zero-order valence-corrected chi connectivity index (χ0v) is 11.4. The average Bonchev–Trinajstić information content (AvgIpc) is 2.93. The summed E-state index contributed by atoms with van der Waals surface area (Å²) in [4.78, 5) is 13.7. The molecule has 1 amide bonds. The molecule has 1 fully saturated rings. The normalized spacial score (nSPS) is 18.8. The lowest BCUT2D eigenvalue weighted by Crippen LogP contribution is -2.36. The summed E-state index contributed by atoms with van der Waals surface area (Å²) in [7, 11) is 1.40. The van der Waals surface area contributed by atoms with Gasteiger partial charge in [0.25, 0.3) is 0 Å². The molecule has 5 heteroatoms. The number of hydrogen-bond donors (Lipinski definition) is 1. The Labute approximate surface area is 117 Å². The SMILES string of the molecule is COc1ccc(C=CC(=O)N2CCC[C@@H]2CO)cc1F. The number of likely N-dealkylation sites (tertiary alicyclic amines) is 1. The number of carbonyl (C=O) groups is 1. The topological polar surface area (TPSA) is 49.8 Å². The van der Waals surface area contributed by atoms with E-state index in [4.69, 9.17) is 4.74 Å². The number of methoxy groups -OCH3 is 1. The highest BCUT2D eigenvalue weighted by atomic mass is 19.1. The van der Waals surface area contributed by atoms with E-state index in [2.05, 4.69) is 0 Å². The number of carbonyl (C=O) groups excluding carboxylic acids is 1. The van der Waals surface area contributed by atoms with Crippen LogP contribution in [0.15, 0.2) is 24.3 Å². The third-order valence-corrected chi connectivity index (χ3v) is 3.47. The quantitative estimate of drug-likeness (QED) is 0.855. The Morgan fingerprint density at radius 2 is 2.40 bits per heavy atom. The largest absolute Gasteiger partial charge is 0.494 e. The van der Waals surface area contributed by atoms with Gasteiger partial charge in [-0.3, -0.25) is 4.79 Å². The van der Waals surface area contributed by atoms with E-state index in [0.29, 0.717) is 12.1 Å². The van der Waals surface area contributed by atoms with E-state index < -0.39 is 5.82 Å². The Morgan fingerprint density at radius 3 is 3.05 bits per heavy atom. The Morgan fingerprint density at radius 1 is 1.60 bits per heavy atom. The molecule has 1 aliphatic heterocycles. The van der Waals surface area contributed by atoms with Gasteiger partial charge in [0, 0.05) is 12.6 Å². The van der Waals surface area contributed by atoms with Gasteiger partial charge in [0.05, 0.1) is 19.8 Å². The summed E-state index contributed by atoms with van der Waals surface area (Å²) >= 11 is 0. The molecule has 2 rings (SSSR count). The molecule has 0 aromatic heterocycles. The number of hydrogen-bond acceptors (Lipinski definition) is 3. The van der Waals surface area contributed by atoms with E-state index in [9.17, 15) is 14.3 Å². The van der Waals surface area contributed by atoms with Gasteiger partial charge in [0.2, 0.25) is 5.91 Å². The zero-order chi connectivity index (χ0) is 14.5. The maximum atomic E-state index is 13.5. The maximum Gasteiger partial charge on any atom is 0.246 e. The molecule has 1 aromatic rings. The van der Waals surface area contributed by atoms with Gasteiger partial charge in [0.15, 0.2) is 11.6 Å². The van der Waals surface area contributed by atoms with Crippen LogP contribution in [-0.4, -0.2) is 42.2 Å². The number of benzene rings is 1. The van der Waals surface area contributed by atoms with Crippen LogP contribution in [0.25, 0.3) is 6.08 Å². The van der Waals surface area contributed by atoms with Crippen molar-refractivity contribution in [3.8, 4) is 5.75 Å². The van der Waals surface area contributed by atoms with Crippen molar-refractivity contribution in [1.82, 2.24) is 4.90 Å². The van der Waals surface area contributed by atoms with E-state index >= 15 is 0 Å². The molecule has 1 atom stereocenters. The lowest BCUT2D eigenvalue weighted by atomic mass is 10.2. The summed E-state index contributed by atoms with van der Waals surface area (Å²) in [6.45, 7) is 0.641. The number of aliphatic hydroxyl groups excluding tert-OH is 1. The molecule has 1 N–H and O–H groups in total. The van der Waals surface area contributed by atoms with Gasteiger partial charge in [-0.15, -0.1) is 0 Å². The number of aliphatic hydroxyl groups is 1. The molecule has 0 radical (unpaired) electrons. The van der Waals surface area contributed by atoms with Crippen molar-refractivity contribution < 1.29 is 19.0 Å². The van der Waals surface area contributed by atoms with Crippen LogP contribution in [0.1, 0.15) is 18.4 Å². The van der Waals surface area contributed by atoms with Crippen molar-refractivity contribution in [3.05, 3.63) is 35.7 Å². The van der Waals surface area contributed by atoms with E-state index in [1.54, 1.807) is 17.0 Å². The molecule has 108 valence electrons. The first-order chi connectivity index (χ1) is 9.65. The third kappa shape index (κ3) is 3.17. The smallest absolute Gasteiger partial charge is 0.246 e. The fourth-order valence-corrected chi connectivity index (χ4v) is 2.37. The van der Waals surface area contributed by atoms with Gasteiger partial charge in [-0.25, -0.2) is 4.39 Å². The van der Waals surface area contributed by atoms with Crippen molar-refractivity contribution in [2.75, 3.05) is 20.3 Å². The molecule has 0 aliphatic carbocycles. The minimum absolute atomic E-state index is 0.0171. The fraction of sp³-hybridized carbons (Fsp3) is 0.400. The van der Waals surface area contributed by atoms with Gasteiger partial charge < -0.3 is 14.7 Å². The third-order valence-electron chi connectivity index (χ3n) is 3.47. The second kappa shape index (κ2) is 6.52. The molecule has 0 spiro atoms. The molecule has 4 nitrogen and oxygen atoms in total. The number of halogens is 1. The summed E-state index contributed by atoms with van der Waals surface area (Å²) in [5, 5.41) is 9.18. The highest BCUT2D eigenvalue weighted by Gasteiger charge is 2.26. The summed E-state index contributed by atoms with van der Waals surface area (Å²) in [5.41, 5.74) is 0.594. The molecule has 20 heavy (non-hydrogen) atoms. The number of rotatable bonds is 4. The predicted octanol–water partition coefficient (Wildman–Crippen LogP) is 1.83. The van der Waals surface area contributed by atoms with Crippen LogP contribution in [0.2, 0.25) is 0 Å². The molecular formula is C15H18FNO3. The van der Waals surface area contributed by atoms with Crippen molar-refractivity contribution >= 4 is 12.0 Å². The van der Waals surface area contributed by atoms with Crippen LogP contribution in [0, 0.1) is 5.82 Å². The Bertz CT molecular complexity index is 516. The van der Waals surface area contributed by atoms with Crippen molar-refractivity contribution in [2.24, 2.45) is 0 Å². The number of nitrogens with zero attached hydrogens (tertiary/aromatic N) is 1. The van der Waals surface area contributed by atoms with Crippen LogP contribution in [0.4, 0.5) is 4.39 Å². The number of ether oxygens (including phenoxy) is 1. The Hall–Kier alpha value is -1.88. The fourth-order valence-electron chi connectivity index (χ4n) is 2.37. The van der Waals surface area contributed by atoms with E-state index in [0.717, 1.165) is 12.8 Å². The monoisotopic (exact) mass is 279 g/mol. The summed E-state index contributed by atoms with van der Waals surface area (Å²) in [6, 6.07) is 4.42. The van der Waals surface area contributed by atoms with Crippen molar-refractivity contribution in [2.45, 2.75) is 18.9 Å². The lowest BCUT2D eigenvalue weighted by molar-refractivity contribution is -0.127. The summed E-state index contributed by atoms with van der Waals surface area (Å²) < 4.78 is 18.3. The first-order valence-electron chi connectivity index (χ1n) is 6.58. The van der Waals surface area contributed by atoms with Crippen LogP contribution in [0.5, 0.6) is 5.75 Å². The van der Waals surface area contributed by atoms with E-state index in [1.807, 2.05) is 0 Å². The summed E-state index contributed by atoms with van der Waals surface area (Å²) in [5.74, 6) is -0.442. The molecular weight excluding hydrogens is 261 g/mol. The zero-order valence-electron chi connectivity index (χ0n) is 11.4. The van der Waals surface area contributed by atoms with Crippen LogP contribution in [-0.2, 0) is 4.79 Å². The second-order valence-electron chi connectivity index (χ2n) is 4.74. The van der Waals surface area contributed by atoms with Crippen LogP contribution < -0.4 is 4.74 Å². The minimum Gasteiger partial charge on any atom is -0.494 e. The van der Waals surface area contributed by atoms with Crippen LogP contribution >= 0.6 is 0 Å². The minimum atomic E-state index is -0.462. The first-order valence-corrected chi connectivity index (χ1v) is 6.58. The molecule has 0 saturated carbocycles. The molecule has 0 unspecified atom stereocenters. The average molecular weight is 279 g/mol. The van der Waals surface area contributed by atoms with Gasteiger partial charge in [0.1, 0.15) is 0 Å². The Balaban J connectivity index is 2.05. The van der Waals surface area contributed by atoms with Crippen molar-refractivity contribution in [1.29, 1.82) is 0 Å². The van der Waals surface area contributed by atoms with Gasteiger partial charge in [-0.1, -0.05) is 6.07 Å².